The van der Waals surface area contributed by atoms with Crippen LogP contribution in [0.25, 0.3) is 0 Å². The molecular weight excluding hydrogens is 350 g/mol. The molecule has 2 rings (SSSR count). The van der Waals surface area contributed by atoms with Gasteiger partial charge in [-0.1, -0.05) is 19.3 Å². The highest BCUT2D eigenvalue weighted by Crippen LogP contribution is 2.64. The molecule has 0 heterocycles. The molecule has 0 atom stereocenters. The molecule has 0 unspecified atom stereocenters. The van der Waals surface area contributed by atoms with E-state index in [2.05, 4.69) is 0 Å². The molecule has 0 aromatic carbocycles. The second kappa shape index (κ2) is 8.93. The standard InChI is InChI=1S/C15H22F6O.C2H6O/c16-14(17,18)13(15(19,20)21,10-4-2-1-3-5-10)11-6-8-12(22)9-7-11;1-2-3/h10-12,22H,1-9H2;3H,2H2,1H3. The molecule has 0 saturated heterocycles. The van der Waals surface area contributed by atoms with Crippen LogP contribution >= 0.6 is 0 Å². The SMILES string of the molecule is CCO.OC1CCC(C(C2CCCCC2)(C(F)(F)F)C(F)(F)F)CC1. The maximum absolute atomic E-state index is 13.8. The molecule has 0 aliphatic heterocycles. The first kappa shape index (κ1) is 22.5. The van der Waals surface area contributed by atoms with Crippen molar-refractivity contribution in [2.75, 3.05) is 6.61 Å². The quantitative estimate of drug-likeness (QED) is 0.646. The lowest BCUT2D eigenvalue weighted by Crippen LogP contribution is -2.60. The zero-order chi connectivity index (χ0) is 19.3. The normalized spacial score (nSPS) is 26.8. The van der Waals surface area contributed by atoms with E-state index in [1.165, 1.54) is 0 Å². The molecule has 0 bridgehead atoms. The van der Waals surface area contributed by atoms with E-state index in [4.69, 9.17) is 5.11 Å². The summed E-state index contributed by atoms with van der Waals surface area (Å²) in [5.41, 5.74) is -3.61. The molecule has 2 fully saturated rings. The summed E-state index contributed by atoms with van der Waals surface area (Å²) in [6, 6.07) is 0. The van der Waals surface area contributed by atoms with Crippen molar-refractivity contribution in [3.63, 3.8) is 0 Å². The molecule has 8 heteroatoms. The molecule has 2 aliphatic rings. The molecule has 0 amide bonds. The minimum absolute atomic E-state index is 0.0158. The smallest absolute Gasteiger partial charge is 0.397 e. The second-order valence-electron chi connectivity index (χ2n) is 7.02. The summed E-state index contributed by atoms with van der Waals surface area (Å²) in [5.74, 6) is -2.86. The fourth-order valence-corrected chi connectivity index (χ4v) is 4.51. The predicted octanol–water partition coefficient (Wildman–Crippen LogP) is 5.23. The topological polar surface area (TPSA) is 40.5 Å². The highest BCUT2D eigenvalue weighted by Gasteiger charge is 2.76. The van der Waals surface area contributed by atoms with Gasteiger partial charge in [0.05, 0.1) is 6.10 Å². The monoisotopic (exact) mass is 378 g/mol. The van der Waals surface area contributed by atoms with Crippen LogP contribution < -0.4 is 0 Å². The fraction of sp³-hybridized carbons (Fsp3) is 1.00. The average Bonchev–Trinajstić information content (AvgIpc) is 2.49. The van der Waals surface area contributed by atoms with Crippen molar-refractivity contribution in [3.05, 3.63) is 0 Å². The van der Waals surface area contributed by atoms with Crippen LogP contribution in [-0.4, -0.2) is 35.3 Å². The number of aliphatic hydroxyl groups excluding tert-OH is 2. The maximum Gasteiger partial charge on any atom is 0.403 e. The molecular formula is C17H28F6O2. The first-order valence-electron chi connectivity index (χ1n) is 8.94. The van der Waals surface area contributed by atoms with Gasteiger partial charge in [-0.05, 0) is 57.3 Å². The van der Waals surface area contributed by atoms with Crippen LogP contribution in [0.2, 0.25) is 0 Å². The zero-order valence-electron chi connectivity index (χ0n) is 14.5. The van der Waals surface area contributed by atoms with Gasteiger partial charge in [-0.2, -0.15) is 26.3 Å². The fourth-order valence-electron chi connectivity index (χ4n) is 4.51. The van der Waals surface area contributed by atoms with Gasteiger partial charge >= 0.3 is 12.4 Å². The maximum atomic E-state index is 13.8. The Morgan fingerprint density at radius 2 is 1.08 bits per heavy atom. The summed E-state index contributed by atoms with van der Waals surface area (Å²) in [7, 11) is 0. The number of halogens is 6. The Morgan fingerprint density at radius 3 is 1.44 bits per heavy atom. The summed E-state index contributed by atoms with van der Waals surface area (Å²) in [6.45, 7) is 1.93. The van der Waals surface area contributed by atoms with Gasteiger partial charge in [-0.15, -0.1) is 0 Å². The highest BCUT2D eigenvalue weighted by molar-refractivity contribution is 5.04. The molecule has 0 radical (unpaired) electrons. The Labute approximate surface area is 144 Å². The average molecular weight is 378 g/mol. The second-order valence-corrected chi connectivity index (χ2v) is 7.02. The van der Waals surface area contributed by atoms with Crippen molar-refractivity contribution in [2.24, 2.45) is 17.3 Å². The third-order valence-electron chi connectivity index (χ3n) is 5.53. The summed E-state index contributed by atoms with van der Waals surface area (Å²) in [6.07, 6.45) is -10.3. The van der Waals surface area contributed by atoms with Crippen molar-refractivity contribution >= 4 is 0 Å². The van der Waals surface area contributed by atoms with Gasteiger partial charge in [0.15, 0.2) is 5.41 Å². The number of rotatable bonds is 2. The first-order chi connectivity index (χ1) is 11.5. The number of hydrogen-bond donors (Lipinski definition) is 2. The molecule has 2 nitrogen and oxygen atoms in total. The molecule has 0 spiro atoms. The van der Waals surface area contributed by atoms with E-state index >= 15 is 0 Å². The summed E-state index contributed by atoms with van der Waals surface area (Å²) in [5, 5.41) is 17.0. The van der Waals surface area contributed by atoms with E-state index in [9.17, 15) is 31.4 Å². The largest absolute Gasteiger partial charge is 0.403 e. The minimum atomic E-state index is -5.31. The number of aliphatic hydroxyl groups is 2. The molecule has 25 heavy (non-hydrogen) atoms. The summed E-state index contributed by atoms with van der Waals surface area (Å²) >= 11 is 0. The molecule has 2 N–H and O–H groups in total. The Kier molecular flexibility index (Phi) is 8.05. The van der Waals surface area contributed by atoms with Gasteiger partial charge < -0.3 is 10.2 Å². The van der Waals surface area contributed by atoms with Crippen LogP contribution in [0.15, 0.2) is 0 Å². The van der Waals surface area contributed by atoms with Gasteiger partial charge in [0, 0.05) is 6.61 Å². The van der Waals surface area contributed by atoms with Gasteiger partial charge in [-0.3, -0.25) is 0 Å². The van der Waals surface area contributed by atoms with E-state index in [-0.39, 0.29) is 45.1 Å². The van der Waals surface area contributed by atoms with Crippen molar-refractivity contribution < 1.29 is 36.6 Å². The van der Waals surface area contributed by atoms with Crippen LogP contribution in [0.5, 0.6) is 0 Å². The lowest BCUT2D eigenvalue weighted by atomic mass is 9.57. The van der Waals surface area contributed by atoms with Crippen LogP contribution in [0.4, 0.5) is 26.3 Å². The lowest BCUT2D eigenvalue weighted by Gasteiger charge is -2.50. The van der Waals surface area contributed by atoms with Gasteiger partial charge in [0.25, 0.3) is 0 Å². The molecule has 0 aromatic heterocycles. The van der Waals surface area contributed by atoms with Crippen LogP contribution in [0.3, 0.4) is 0 Å². The van der Waals surface area contributed by atoms with Crippen molar-refractivity contribution in [3.8, 4) is 0 Å². The molecule has 150 valence electrons. The Hall–Kier alpha value is -0.500. The number of alkyl halides is 6. The van der Waals surface area contributed by atoms with Gasteiger partial charge in [0.1, 0.15) is 0 Å². The molecule has 0 aromatic rings. The molecule has 2 saturated carbocycles. The zero-order valence-corrected chi connectivity index (χ0v) is 14.5. The van der Waals surface area contributed by atoms with Crippen molar-refractivity contribution in [1.29, 1.82) is 0 Å². The third-order valence-corrected chi connectivity index (χ3v) is 5.53. The van der Waals surface area contributed by atoms with E-state index in [0.29, 0.717) is 19.3 Å². The van der Waals surface area contributed by atoms with Crippen molar-refractivity contribution in [2.45, 2.75) is 83.2 Å². The molecule has 2 aliphatic carbocycles. The first-order valence-corrected chi connectivity index (χ1v) is 8.94. The third kappa shape index (κ3) is 4.81. The van der Waals surface area contributed by atoms with Crippen LogP contribution in [0.1, 0.15) is 64.7 Å². The van der Waals surface area contributed by atoms with Gasteiger partial charge in [0.2, 0.25) is 0 Å². The van der Waals surface area contributed by atoms with E-state index in [1.807, 2.05) is 0 Å². The minimum Gasteiger partial charge on any atom is -0.397 e. The Morgan fingerprint density at radius 1 is 0.720 bits per heavy atom. The highest BCUT2D eigenvalue weighted by atomic mass is 19.4. The van der Waals surface area contributed by atoms with E-state index in [0.717, 1.165) is 0 Å². The van der Waals surface area contributed by atoms with E-state index in [1.54, 1.807) is 6.92 Å². The summed E-state index contributed by atoms with van der Waals surface area (Å²) in [4.78, 5) is 0. The van der Waals surface area contributed by atoms with Gasteiger partial charge in [-0.25, -0.2) is 0 Å². The Bertz CT molecular complexity index is 366. The lowest BCUT2D eigenvalue weighted by molar-refractivity contribution is -0.382. The predicted molar refractivity (Wildman–Crippen MR) is 81.8 cm³/mol. The summed E-state index contributed by atoms with van der Waals surface area (Å²) < 4.78 is 82.5. The van der Waals surface area contributed by atoms with Crippen LogP contribution in [0, 0.1) is 17.3 Å². The number of hydrogen-bond acceptors (Lipinski definition) is 2. The Balaban J connectivity index is 0.000000970. The van der Waals surface area contributed by atoms with Crippen molar-refractivity contribution in [1.82, 2.24) is 0 Å². The van der Waals surface area contributed by atoms with E-state index < -0.39 is 35.7 Å². The van der Waals surface area contributed by atoms with Crippen LogP contribution in [-0.2, 0) is 0 Å².